The molecule has 1 aromatic carbocycles. The molecule has 2 unspecified atom stereocenters. The van der Waals surface area contributed by atoms with E-state index in [1.807, 2.05) is 0 Å². The minimum atomic E-state index is -0.346. The molecule has 19 heavy (non-hydrogen) atoms. The maximum absolute atomic E-state index is 10.3. The minimum absolute atomic E-state index is 0.178. The summed E-state index contributed by atoms with van der Waals surface area (Å²) in [5.41, 5.74) is 5.91. The van der Waals surface area contributed by atoms with E-state index in [1.54, 1.807) is 0 Å². The monoisotopic (exact) mass is 322 g/mol. The number of aliphatic hydroxyl groups is 1. The number of hydrogen-bond acceptors (Lipinski definition) is 1. The SMILES string of the molecule is CC1(C)CCC(C)(C)c2cc3c(cc21)CC(Br)C3O. The van der Waals surface area contributed by atoms with E-state index >= 15 is 0 Å². The predicted octanol–water partition coefficient (Wildman–Crippen LogP) is 4.39. The molecule has 0 spiro atoms. The van der Waals surface area contributed by atoms with E-state index in [2.05, 4.69) is 55.8 Å². The summed E-state index contributed by atoms with van der Waals surface area (Å²) in [6.07, 6.45) is 3.06. The van der Waals surface area contributed by atoms with E-state index in [1.165, 1.54) is 29.5 Å². The van der Waals surface area contributed by atoms with Crippen molar-refractivity contribution in [3.63, 3.8) is 0 Å². The second-order valence-corrected chi connectivity index (χ2v) is 8.71. The molecule has 0 aromatic heterocycles. The summed E-state index contributed by atoms with van der Waals surface area (Å²) in [4.78, 5) is 0.178. The van der Waals surface area contributed by atoms with Crippen molar-refractivity contribution in [2.24, 2.45) is 0 Å². The van der Waals surface area contributed by atoms with Crippen LogP contribution in [0.25, 0.3) is 0 Å². The predicted molar refractivity (Wildman–Crippen MR) is 83.1 cm³/mol. The maximum Gasteiger partial charge on any atom is 0.0920 e. The fourth-order valence-electron chi connectivity index (χ4n) is 3.64. The van der Waals surface area contributed by atoms with Crippen molar-refractivity contribution in [2.75, 3.05) is 0 Å². The third kappa shape index (κ3) is 1.99. The van der Waals surface area contributed by atoms with Crippen LogP contribution in [0.5, 0.6) is 0 Å². The lowest BCUT2D eigenvalue weighted by atomic mass is 9.62. The van der Waals surface area contributed by atoms with Crippen LogP contribution in [0.2, 0.25) is 0 Å². The van der Waals surface area contributed by atoms with Gasteiger partial charge in [-0.2, -0.15) is 0 Å². The van der Waals surface area contributed by atoms with Gasteiger partial charge in [0.2, 0.25) is 0 Å². The molecular weight excluding hydrogens is 300 g/mol. The Morgan fingerprint density at radius 1 is 1.05 bits per heavy atom. The second-order valence-electron chi connectivity index (χ2n) is 7.53. The highest BCUT2D eigenvalue weighted by atomic mass is 79.9. The number of alkyl halides is 1. The summed E-state index contributed by atoms with van der Waals surface area (Å²) in [5.74, 6) is 0. The van der Waals surface area contributed by atoms with Crippen molar-refractivity contribution in [3.05, 3.63) is 34.4 Å². The number of hydrogen-bond donors (Lipinski definition) is 1. The summed E-state index contributed by atoms with van der Waals surface area (Å²) in [6, 6.07) is 4.66. The Kier molecular flexibility index (Phi) is 2.93. The number of rotatable bonds is 0. The maximum atomic E-state index is 10.3. The fourth-order valence-corrected chi connectivity index (χ4v) is 4.28. The summed E-state index contributed by atoms with van der Waals surface area (Å²) < 4.78 is 0. The van der Waals surface area contributed by atoms with Crippen molar-refractivity contribution in [2.45, 2.75) is 68.7 Å². The zero-order valence-corrected chi connectivity index (χ0v) is 13.8. The van der Waals surface area contributed by atoms with Crippen LogP contribution < -0.4 is 0 Å². The normalized spacial score (nSPS) is 30.8. The van der Waals surface area contributed by atoms with Gasteiger partial charge in [0, 0.05) is 4.83 Å². The molecule has 1 nitrogen and oxygen atoms in total. The fraction of sp³-hybridized carbons (Fsp3) is 0.647. The number of halogens is 1. The molecule has 0 bridgehead atoms. The molecule has 1 aromatic rings. The van der Waals surface area contributed by atoms with Gasteiger partial charge in [0.1, 0.15) is 0 Å². The van der Waals surface area contributed by atoms with E-state index in [0.29, 0.717) is 0 Å². The molecular formula is C17H23BrO. The third-order valence-corrected chi connectivity index (χ3v) is 6.01. The molecule has 3 rings (SSSR count). The zero-order valence-electron chi connectivity index (χ0n) is 12.3. The molecule has 0 aliphatic heterocycles. The van der Waals surface area contributed by atoms with Crippen LogP contribution in [0.1, 0.15) is 68.9 Å². The van der Waals surface area contributed by atoms with Crippen LogP contribution in [0.4, 0.5) is 0 Å². The minimum Gasteiger partial charge on any atom is -0.387 e. The van der Waals surface area contributed by atoms with Crippen LogP contribution in [-0.4, -0.2) is 9.93 Å². The highest BCUT2D eigenvalue weighted by Gasteiger charge is 2.40. The lowest BCUT2D eigenvalue weighted by molar-refractivity contribution is 0.187. The van der Waals surface area contributed by atoms with Crippen LogP contribution in [0.3, 0.4) is 0 Å². The molecule has 2 heteroatoms. The molecule has 0 saturated heterocycles. The van der Waals surface area contributed by atoms with Gasteiger partial charge in [0.25, 0.3) is 0 Å². The molecule has 1 N–H and O–H groups in total. The van der Waals surface area contributed by atoms with Gasteiger partial charge in [-0.25, -0.2) is 0 Å². The number of fused-ring (bicyclic) bond motifs is 2. The van der Waals surface area contributed by atoms with E-state index in [9.17, 15) is 5.11 Å². The van der Waals surface area contributed by atoms with Gasteiger partial charge >= 0.3 is 0 Å². The summed E-state index contributed by atoms with van der Waals surface area (Å²) >= 11 is 3.60. The molecule has 2 aliphatic rings. The summed E-state index contributed by atoms with van der Waals surface area (Å²) in [6.45, 7) is 9.37. The van der Waals surface area contributed by atoms with Crippen molar-refractivity contribution < 1.29 is 5.11 Å². The number of benzene rings is 1. The summed E-state index contributed by atoms with van der Waals surface area (Å²) in [5, 5.41) is 10.3. The van der Waals surface area contributed by atoms with Crippen LogP contribution in [-0.2, 0) is 17.3 Å². The van der Waals surface area contributed by atoms with Gasteiger partial charge in [0.05, 0.1) is 6.10 Å². The molecule has 0 saturated carbocycles. The first kappa shape index (κ1) is 13.6. The Hall–Kier alpha value is -0.340. The first-order valence-electron chi connectivity index (χ1n) is 7.22. The quantitative estimate of drug-likeness (QED) is 0.702. The third-order valence-electron chi connectivity index (χ3n) is 5.19. The van der Waals surface area contributed by atoms with Gasteiger partial charge in [0.15, 0.2) is 0 Å². The molecule has 104 valence electrons. The Labute approximate surface area is 124 Å². The average Bonchev–Trinajstić information content (AvgIpc) is 2.60. The van der Waals surface area contributed by atoms with Crippen molar-refractivity contribution in [1.82, 2.24) is 0 Å². The average molecular weight is 323 g/mol. The van der Waals surface area contributed by atoms with Crippen molar-refractivity contribution in [1.29, 1.82) is 0 Å². The van der Waals surface area contributed by atoms with Crippen LogP contribution in [0.15, 0.2) is 12.1 Å². The van der Waals surface area contributed by atoms with Gasteiger partial charge in [-0.15, -0.1) is 0 Å². The first-order chi connectivity index (χ1) is 8.72. The van der Waals surface area contributed by atoms with Crippen molar-refractivity contribution >= 4 is 15.9 Å². The highest BCUT2D eigenvalue weighted by Crippen LogP contribution is 2.49. The molecule has 0 fully saturated rings. The molecule has 2 atom stereocenters. The Bertz CT molecular complexity index is 530. The summed E-state index contributed by atoms with van der Waals surface area (Å²) in [7, 11) is 0. The van der Waals surface area contributed by atoms with Gasteiger partial charge in [-0.1, -0.05) is 55.8 Å². The molecule has 0 heterocycles. The number of aliphatic hydroxyl groups excluding tert-OH is 1. The van der Waals surface area contributed by atoms with Crippen molar-refractivity contribution in [3.8, 4) is 0 Å². The van der Waals surface area contributed by atoms with Crippen LogP contribution in [0, 0.1) is 0 Å². The van der Waals surface area contributed by atoms with E-state index in [-0.39, 0.29) is 21.8 Å². The molecule has 0 radical (unpaired) electrons. The van der Waals surface area contributed by atoms with E-state index in [4.69, 9.17) is 0 Å². The zero-order chi connectivity index (χ0) is 14.0. The standard InChI is InChI=1S/C17H23BrO/c1-16(2)5-6-17(3,4)13-9-11-10(7-12(13)16)8-14(18)15(11)19/h7,9,14-15,19H,5-6,8H2,1-4H3. The Morgan fingerprint density at radius 3 is 2.16 bits per heavy atom. The Balaban J connectivity index is 2.22. The van der Waals surface area contributed by atoms with Crippen LogP contribution >= 0.6 is 15.9 Å². The molecule has 0 amide bonds. The Morgan fingerprint density at radius 2 is 1.58 bits per heavy atom. The largest absolute Gasteiger partial charge is 0.387 e. The van der Waals surface area contributed by atoms with E-state index < -0.39 is 0 Å². The van der Waals surface area contributed by atoms with Gasteiger partial charge < -0.3 is 5.11 Å². The van der Waals surface area contributed by atoms with Gasteiger partial charge in [-0.3, -0.25) is 0 Å². The second kappa shape index (κ2) is 4.08. The molecule has 2 aliphatic carbocycles. The highest BCUT2D eigenvalue weighted by molar-refractivity contribution is 9.09. The topological polar surface area (TPSA) is 20.2 Å². The van der Waals surface area contributed by atoms with E-state index in [0.717, 1.165) is 12.0 Å². The lowest BCUT2D eigenvalue weighted by Crippen LogP contribution is -2.34. The smallest absolute Gasteiger partial charge is 0.0920 e. The first-order valence-corrected chi connectivity index (χ1v) is 8.14. The van der Waals surface area contributed by atoms with Gasteiger partial charge in [-0.05, 0) is 52.3 Å². The lowest BCUT2D eigenvalue weighted by Gasteiger charge is -2.42.